The SMILES string of the molecule is CC1CSCCN1Cc1ccccc1CNC1CC1. The lowest BCUT2D eigenvalue weighted by molar-refractivity contribution is 0.223. The van der Waals surface area contributed by atoms with Crippen molar-refractivity contribution in [3.8, 4) is 0 Å². The Labute approximate surface area is 121 Å². The van der Waals surface area contributed by atoms with Gasteiger partial charge in [-0.3, -0.25) is 4.90 Å². The lowest BCUT2D eigenvalue weighted by Gasteiger charge is -2.33. The van der Waals surface area contributed by atoms with Crippen molar-refractivity contribution in [1.82, 2.24) is 10.2 Å². The highest BCUT2D eigenvalue weighted by Gasteiger charge is 2.22. The molecule has 0 bridgehead atoms. The Balaban J connectivity index is 1.64. The van der Waals surface area contributed by atoms with Crippen LogP contribution < -0.4 is 5.32 Å². The highest BCUT2D eigenvalue weighted by Crippen LogP contribution is 2.22. The van der Waals surface area contributed by atoms with Gasteiger partial charge < -0.3 is 5.32 Å². The molecule has 0 amide bonds. The minimum Gasteiger partial charge on any atom is -0.310 e. The first-order chi connectivity index (χ1) is 9.33. The summed E-state index contributed by atoms with van der Waals surface area (Å²) >= 11 is 2.09. The molecule has 0 spiro atoms. The molecule has 1 aromatic carbocycles. The number of thioether (sulfide) groups is 1. The third kappa shape index (κ3) is 3.74. The number of benzene rings is 1. The van der Waals surface area contributed by atoms with Gasteiger partial charge in [0, 0.05) is 43.2 Å². The average molecular weight is 276 g/mol. The highest BCUT2D eigenvalue weighted by atomic mass is 32.2. The minimum absolute atomic E-state index is 0.711. The Morgan fingerprint density at radius 2 is 2.05 bits per heavy atom. The van der Waals surface area contributed by atoms with Gasteiger partial charge in [-0.05, 0) is 30.9 Å². The van der Waals surface area contributed by atoms with Crippen molar-refractivity contribution >= 4 is 11.8 Å². The second kappa shape index (κ2) is 6.29. The van der Waals surface area contributed by atoms with E-state index in [9.17, 15) is 0 Å². The third-order valence-corrected chi connectivity index (χ3v) is 5.34. The van der Waals surface area contributed by atoms with E-state index in [0.29, 0.717) is 6.04 Å². The maximum absolute atomic E-state index is 3.64. The molecule has 0 radical (unpaired) electrons. The van der Waals surface area contributed by atoms with E-state index in [2.05, 4.69) is 53.2 Å². The van der Waals surface area contributed by atoms with E-state index in [-0.39, 0.29) is 0 Å². The molecule has 2 aliphatic rings. The predicted molar refractivity (Wildman–Crippen MR) is 83.5 cm³/mol. The van der Waals surface area contributed by atoms with Gasteiger partial charge in [0.1, 0.15) is 0 Å². The fourth-order valence-corrected chi connectivity index (χ4v) is 3.72. The number of nitrogens with one attached hydrogen (secondary N) is 1. The predicted octanol–water partition coefficient (Wildman–Crippen LogP) is 2.88. The molecule has 1 saturated heterocycles. The summed E-state index contributed by atoms with van der Waals surface area (Å²) in [7, 11) is 0. The summed E-state index contributed by atoms with van der Waals surface area (Å²) in [6, 6.07) is 10.4. The van der Waals surface area contributed by atoms with E-state index in [1.54, 1.807) is 0 Å². The van der Waals surface area contributed by atoms with Crippen LogP contribution in [0, 0.1) is 0 Å². The zero-order valence-electron chi connectivity index (χ0n) is 11.8. The van der Waals surface area contributed by atoms with Crippen LogP contribution in [0.4, 0.5) is 0 Å². The molecule has 1 heterocycles. The molecule has 1 atom stereocenters. The molecule has 1 unspecified atom stereocenters. The largest absolute Gasteiger partial charge is 0.310 e. The fraction of sp³-hybridized carbons (Fsp3) is 0.625. The van der Waals surface area contributed by atoms with E-state index in [0.717, 1.165) is 19.1 Å². The van der Waals surface area contributed by atoms with E-state index in [1.807, 2.05) is 0 Å². The quantitative estimate of drug-likeness (QED) is 0.890. The monoisotopic (exact) mass is 276 g/mol. The van der Waals surface area contributed by atoms with E-state index in [1.165, 1.54) is 42.0 Å². The molecule has 2 nitrogen and oxygen atoms in total. The van der Waals surface area contributed by atoms with Crippen molar-refractivity contribution in [2.75, 3.05) is 18.1 Å². The number of hydrogen-bond acceptors (Lipinski definition) is 3. The minimum atomic E-state index is 0.711. The molecule has 1 aliphatic heterocycles. The summed E-state index contributed by atoms with van der Waals surface area (Å²) in [5.74, 6) is 2.56. The van der Waals surface area contributed by atoms with Crippen molar-refractivity contribution in [3.63, 3.8) is 0 Å². The molecule has 2 fully saturated rings. The molecular weight excluding hydrogens is 252 g/mol. The maximum Gasteiger partial charge on any atom is 0.0240 e. The number of nitrogens with zero attached hydrogens (tertiary/aromatic N) is 1. The zero-order valence-corrected chi connectivity index (χ0v) is 12.6. The Bertz CT molecular complexity index is 417. The van der Waals surface area contributed by atoms with Crippen LogP contribution in [0.1, 0.15) is 30.9 Å². The molecule has 1 N–H and O–H groups in total. The smallest absolute Gasteiger partial charge is 0.0240 e. The van der Waals surface area contributed by atoms with Gasteiger partial charge >= 0.3 is 0 Å². The van der Waals surface area contributed by atoms with Gasteiger partial charge in [0.15, 0.2) is 0 Å². The van der Waals surface area contributed by atoms with Crippen LogP contribution in [-0.2, 0) is 13.1 Å². The summed E-state index contributed by atoms with van der Waals surface area (Å²) in [5, 5.41) is 3.64. The summed E-state index contributed by atoms with van der Waals surface area (Å²) in [6.07, 6.45) is 2.73. The molecule has 19 heavy (non-hydrogen) atoms. The summed E-state index contributed by atoms with van der Waals surface area (Å²) in [6.45, 7) is 5.75. The number of rotatable bonds is 5. The van der Waals surface area contributed by atoms with Crippen LogP contribution in [0.2, 0.25) is 0 Å². The first kappa shape index (κ1) is 13.5. The molecule has 0 aromatic heterocycles. The van der Waals surface area contributed by atoms with Crippen LogP contribution in [0.15, 0.2) is 24.3 Å². The molecule has 1 aliphatic carbocycles. The first-order valence-corrected chi connectivity index (χ1v) is 8.60. The Hall–Kier alpha value is -0.510. The Morgan fingerprint density at radius 3 is 2.79 bits per heavy atom. The average Bonchev–Trinajstić information content (AvgIpc) is 3.24. The standard InChI is InChI=1S/C16H24N2S/c1-13-12-19-9-8-18(13)11-15-5-3-2-4-14(15)10-17-16-6-7-16/h2-5,13,16-17H,6-12H2,1H3. The maximum atomic E-state index is 3.64. The van der Waals surface area contributed by atoms with Crippen LogP contribution in [-0.4, -0.2) is 35.0 Å². The van der Waals surface area contributed by atoms with Gasteiger partial charge in [-0.2, -0.15) is 11.8 Å². The van der Waals surface area contributed by atoms with E-state index in [4.69, 9.17) is 0 Å². The second-order valence-electron chi connectivity index (χ2n) is 5.82. The molecular formula is C16H24N2S. The first-order valence-electron chi connectivity index (χ1n) is 7.45. The van der Waals surface area contributed by atoms with Crippen molar-refractivity contribution < 1.29 is 0 Å². The lowest BCUT2D eigenvalue weighted by atomic mass is 10.1. The van der Waals surface area contributed by atoms with E-state index >= 15 is 0 Å². The van der Waals surface area contributed by atoms with Crippen LogP contribution in [0.25, 0.3) is 0 Å². The normalized spacial score (nSPS) is 24.6. The van der Waals surface area contributed by atoms with Crippen LogP contribution >= 0.6 is 11.8 Å². The topological polar surface area (TPSA) is 15.3 Å². The molecule has 1 aromatic rings. The van der Waals surface area contributed by atoms with Gasteiger partial charge in [0.25, 0.3) is 0 Å². The molecule has 3 heteroatoms. The summed E-state index contributed by atoms with van der Waals surface area (Å²) in [5.41, 5.74) is 2.99. The fourth-order valence-electron chi connectivity index (χ4n) is 2.64. The number of hydrogen-bond donors (Lipinski definition) is 1. The van der Waals surface area contributed by atoms with Gasteiger partial charge in [0.05, 0.1) is 0 Å². The summed E-state index contributed by atoms with van der Waals surface area (Å²) < 4.78 is 0. The van der Waals surface area contributed by atoms with Crippen molar-refractivity contribution in [3.05, 3.63) is 35.4 Å². The summed E-state index contributed by atoms with van der Waals surface area (Å²) in [4.78, 5) is 2.63. The zero-order chi connectivity index (χ0) is 13.1. The van der Waals surface area contributed by atoms with Gasteiger partial charge in [-0.1, -0.05) is 24.3 Å². The van der Waals surface area contributed by atoms with Crippen LogP contribution in [0.5, 0.6) is 0 Å². The third-order valence-electron chi connectivity index (χ3n) is 4.16. The molecule has 104 valence electrons. The molecule has 1 saturated carbocycles. The lowest BCUT2D eigenvalue weighted by Crippen LogP contribution is -2.39. The highest BCUT2D eigenvalue weighted by molar-refractivity contribution is 7.99. The van der Waals surface area contributed by atoms with Crippen molar-refractivity contribution in [2.24, 2.45) is 0 Å². The van der Waals surface area contributed by atoms with Crippen molar-refractivity contribution in [1.29, 1.82) is 0 Å². The van der Waals surface area contributed by atoms with Gasteiger partial charge in [0.2, 0.25) is 0 Å². The van der Waals surface area contributed by atoms with Gasteiger partial charge in [-0.25, -0.2) is 0 Å². The Morgan fingerprint density at radius 1 is 1.26 bits per heavy atom. The van der Waals surface area contributed by atoms with E-state index < -0.39 is 0 Å². The van der Waals surface area contributed by atoms with Gasteiger partial charge in [-0.15, -0.1) is 0 Å². The Kier molecular flexibility index (Phi) is 4.46. The van der Waals surface area contributed by atoms with Crippen molar-refractivity contribution in [2.45, 2.75) is 44.9 Å². The van der Waals surface area contributed by atoms with Crippen LogP contribution in [0.3, 0.4) is 0 Å². The second-order valence-corrected chi connectivity index (χ2v) is 6.97. The molecule has 3 rings (SSSR count).